The molecular weight excluding hydrogens is 364 g/mol. The Labute approximate surface area is 164 Å². The Morgan fingerprint density at radius 3 is 2.33 bits per heavy atom. The van der Waals surface area contributed by atoms with Gasteiger partial charge in [-0.3, -0.25) is 19.3 Å². The molecule has 1 saturated heterocycles. The van der Waals surface area contributed by atoms with E-state index in [1.807, 2.05) is 39.0 Å². The number of hydrogen-bond acceptors (Lipinski definition) is 3. The van der Waals surface area contributed by atoms with Gasteiger partial charge in [-0.2, -0.15) is 0 Å². The summed E-state index contributed by atoms with van der Waals surface area (Å²) in [4.78, 5) is 40.1. The Kier molecular flexibility index (Phi) is 5.70. The van der Waals surface area contributed by atoms with Crippen molar-refractivity contribution < 1.29 is 14.4 Å². The van der Waals surface area contributed by atoms with Gasteiger partial charge in [0.25, 0.3) is 0 Å². The van der Waals surface area contributed by atoms with Crippen LogP contribution in [0.25, 0.3) is 0 Å². The van der Waals surface area contributed by atoms with Gasteiger partial charge in [0, 0.05) is 10.7 Å². The van der Waals surface area contributed by atoms with Crippen LogP contribution in [0.1, 0.15) is 38.7 Å². The number of rotatable bonds is 5. The van der Waals surface area contributed by atoms with Crippen LogP contribution >= 0.6 is 11.6 Å². The molecule has 0 saturated carbocycles. The van der Waals surface area contributed by atoms with Crippen molar-refractivity contribution in [2.45, 2.75) is 46.1 Å². The van der Waals surface area contributed by atoms with E-state index >= 15 is 0 Å². The van der Waals surface area contributed by atoms with Crippen molar-refractivity contribution in [2.24, 2.45) is 17.8 Å². The minimum Gasteiger partial charge on any atom is -0.324 e. The van der Waals surface area contributed by atoms with Crippen molar-refractivity contribution >= 4 is 35.0 Å². The second kappa shape index (κ2) is 7.85. The number of fused-ring (bicyclic) bond motifs is 1. The molecule has 1 aromatic rings. The fourth-order valence-corrected chi connectivity index (χ4v) is 4.03. The molecule has 1 aliphatic heterocycles. The average molecular weight is 389 g/mol. The molecule has 6 heteroatoms. The first-order valence-electron chi connectivity index (χ1n) is 9.38. The van der Waals surface area contributed by atoms with Crippen LogP contribution in [0, 0.1) is 24.7 Å². The number of benzene rings is 1. The Bertz CT molecular complexity index is 777. The first kappa shape index (κ1) is 19.6. The summed E-state index contributed by atoms with van der Waals surface area (Å²) in [6.45, 7) is 5.82. The molecule has 0 spiro atoms. The normalized spacial score (nSPS) is 22.9. The molecule has 3 rings (SSSR count). The number of anilines is 1. The van der Waals surface area contributed by atoms with Crippen molar-refractivity contribution in [3.63, 3.8) is 0 Å². The molecule has 27 heavy (non-hydrogen) atoms. The standard InChI is InChI=1S/C21H25ClN2O3/c1-12(2)10-18(19(25)23-17-11-14(22)9-8-13(17)3)24-20(26)15-6-4-5-7-16(15)21(24)27/h4-5,8-9,11-12,15-16,18H,6-7,10H2,1-3H3,(H,23,25). The van der Waals surface area contributed by atoms with E-state index in [1.54, 1.807) is 12.1 Å². The lowest BCUT2D eigenvalue weighted by Gasteiger charge is -2.27. The summed E-state index contributed by atoms with van der Waals surface area (Å²) in [5.74, 6) is -1.31. The van der Waals surface area contributed by atoms with Crippen LogP contribution in [-0.4, -0.2) is 28.7 Å². The zero-order valence-electron chi connectivity index (χ0n) is 15.9. The maximum atomic E-state index is 13.1. The monoisotopic (exact) mass is 388 g/mol. The summed E-state index contributed by atoms with van der Waals surface area (Å²) in [7, 11) is 0. The van der Waals surface area contributed by atoms with Gasteiger partial charge in [-0.1, -0.05) is 43.7 Å². The van der Waals surface area contributed by atoms with Crippen molar-refractivity contribution in [1.82, 2.24) is 4.90 Å². The maximum absolute atomic E-state index is 13.1. The summed E-state index contributed by atoms with van der Waals surface area (Å²) >= 11 is 6.04. The second-order valence-corrected chi connectivity index (χ2v) is 8.23. The molecule has 144 valence electrons. The molecule has 2 aliphatic rings. The van der Waals surface area contributed by atoms with Gasteiger partial charge in [0.05, 0.1) is 11.8 Å². The molecule has 3 amide bonds. The molecule has 0 bridgehead atoms. The summed E-state index contributed by atoms with van der Waals surface area (Å²) in [5, 5.41) is 3.39. The molecule has 5 nitrogen and oxygen atoms in total. The van der Waals surface area contributed by atoms with Gasteiger partial charge in [0.1, 0.15) is 6.04 Å². The van der Waals surface area contributed by atoms with Crippen LogP contribution in [0.2, 0.25) is 5.02 Å². The number of nitrogens with one attached hydrogen (secondary N) is 1. The van der Waals surface area contributed by atoms with E-state index in [4.69, 9.17) is 11.6 Å². The summed E-state index contributed by atoms with van der Waals surface area (Å²) in [5.41, 5.74) is 1.47. The van der Waals surface area contributed by atoms with Gasteiger partial charge in [0.15, 0.2) is 0 Å². The van der Waals surface area contributed by atoms with Crippen molar-refractivity contribution in [3.05, 3.63) is 40.9 Å². The number of nitrogens with zero attached hydrogens (tertiary/aromatic N) is 1. The van der Waals surface area contributed by atoms with E-state index in [2.05, 4.69) is 5.32 Å². The highest BCUT2D eigenvalue weighted by Gasteiger charge is 2.51. The average Bonchev–Trinajstić information content (AvgIpc) is 2.87. The second-order valence-electron chi connectivity index (χ2n) is 7.80. The lowest BCUT2D eigenvalue weighted by molar-refractivity contribution is -0.147. The zero-order chi connectivity index (χ0) is 19.7. The Morgan fingerprint density at radius 1 is 1.19 bits per heavy atom. The van der Waals surface area contributed by atoms with Crippen LogP contribution in [0.5, 0.6) is 0 Å². The van der Waals surface area contributed by atoms with E-state index in [0.29, 0.717) is 30.0 Å². The van der Waals surface area contributed by atoms with E-state index in [0.717, 1.165) is 5.56 Å². The number of carbonyl (C=O) groups excluding carboxylic acids is 3. The Morgan fingerprint density at radius 2 is 1.78 bits per heavy atom. The highest BCUT2D eigenvalue weighted by atomic mass is 35.5. The largest absolute Gasteiger partial charge is 0.324 e. The van der Waals surface area contributed by atoms with Gasteiger partial charge < -0.3 is 5.32 Å². The van der Waals surface area contributed by atoms with Gasteiger partial charge in [-0.25, -0.2) is 0 Å². The Hall–Kier alpha value is -2.14. The number of imide groups is 1. The van der Waals surface area contributed by atoms with Crippen molar-refractivity contribution in [3.8, 4) is 0 Å². The third kappa shape index (κ3) is 3.93. The fourth-order valence-electron chi connectivity index (χ4n) is 3.85. The van der Waals surface area contributed by atoms with Crippen molar-refractivity contribution in [2.75, 3.05) is 5.32 Å². The summed E-state index contributed by atoms with van der Waals surface area (Å²) in [6.07, 6.45) is 5.45. The molecule has 3 atom stereocenters. The smallest absolute Gasteiger partial charge is 0.247 e. The van der Waals surface area contributed by atoms with Gasteiger partial charge in [-0.05, 0) is 49.8 Å². The SMILES string of the molecule is Cc1ccc(Cl)cc1NC(=O)C(CC(C)C)N1C(=O)C2CC=CCC2C1=O. The molecule has 1 aromatic carbocycles. The third-order valence-corrected chi connectivity index (χ3v) is 5.54. The predicted molar refractivity (Wildman–Crippen MR) is 105 cm³/mol. The molecule has 1 heterocycles. The number of halogens is 1. The number of aryl methyl sites for hydroxylation is 1. The first-order valence-corrected chi connectivity index (χ1v) is 9.76. The van der Waals surface area contributed by atoms with Crippen LogP contribution < -0.4 is 5.32 Å². The number of amides is 3. The highest BCUT2D eigenvalue weighted by molar-refractivity contribution is 6.31. The number of carbonyl (C=O) groups is 3. The topological polar surface area (TPSA) is 66.5 Å². The summed E-state index contributed by atoms with van der Waals surface area (Å²) < 4.78 is 0. The Balaban J connectivity index is 1.87. The lowest BCUT2D eigenvalue weighted by atomic mass is 9.85. The van der Waals surface area contributed by atoms with Crippen LogP contribution in [0.3, 0.4) is 0 Å². The van der Waals surface area contributed by atoms with Crippen LogP contribution in [0.15, 0.2) is 30.4 Å². The molecule has 0 aromatic heterocycles. The van der Waals surface area contributed by atoms with Crippen LogP contribution in [0.4, 0.5) is 5.69 Å². The minimum absolute atomic E-state index is 0.155. The van der Waals surface area contributed by atoms with Crippen LogP contribution in [-0.2, 0) is 14.4 Å². The van der Waals surface area contributed by atoms with E-state index in [1.165, 1.54) is 4.90 Å². The fraction of sp³-hybridized carbons (Fsp3) is 0.476. The van der Waals surface area contributed by atoms with E-state index in [-0.39, 0.29) is 35.5 Å². The molecule has 1 aliphatic carbocycles. The summed E-state index contributed by atoms with van der Waals surface area (Å²) in [6, 6.07) is 4.44. The van der Waals surface area contributed by atoms with E-state index in [9.17, 15) is 14.4 Å². The third-order valence-electron chi connectivity index (χ3n) is 5.31. The number of hydrogen-bond donors (Lipinski definition) is 1. The van der Waals surface area contributed by atoms with Gasteiger partial charge in [0.2, 0.25) is 17.7 Å². The van der Waals surface area contributed by atoms with Crippen molar-refractivity contribution in [1.29, 1.82) is 0 Å². The number of likely N-dealkylation sites (tertiary alicyclic amines) is 1. The van der Waals surface area contributed by atoms with E-state index < -0.39 is 6.04 Å². The molecule has 0 radical (unpaired) electrons. The van der Waals surface area contributed by atoms with Gasteiger partial charge in [-0.15, -0.1) is 0 Å². The lowest BCUT2D eigenvalue weighted by Crippen LogP contribution is -2.48. The molecular formula is C21H25ClN2O3. The maximum Gasteiger partial charge on any atom is 0.247 e. The molecule has 1 N–H and O–H groups in total. The molecule has 3 unspecified atom stereocenters. The number of allylic oxidation sites excluding steroid dienone is 2. The minimum atomic E-state index is -0.811. The highest BCUT2D eigenvalue weighted by Crippen LogP contribution is 2.37. The molecule has 1 fully saturated rings. The predicted octanol–water partition coefficient (Wildman–Crippen LogP) is 3.95. The first-order chi connectivity index (χ1) is 12.8. The zero-order valence-corrected chi connectivity index (χ0v) is 16.6. The quantitative estimate of drug-likeness (QED) is 0.613. The van der Waals surface area contributed by atoms with Gasteiger partial charge >= 0.3 is 0 Å².